The minimum atomic E-state index is -1.07. The van der Waals surface area contributed by atoms with E-state index in [0.29, 0.717) is 6.42 Å². The van der Waals surface area contributed by atoms with Gasteiger partial charge in [0.05, 0.1) is 13.0 Å². The molecule has 0 saturated carbocycles. The van der Waals surface area contributed by atoms with Crippen LogP contribution in [0.4, 0.5) is 0 Å². The van der Waals surface area contributed by atoms with Gasteiger partial charge in [0.1, 0.15) is 6.04 Å². The lowest BCUT2D eigenvalue weighted by molar-refractivity contribution is -0.142. The van der Waals surface area contributed by atoms with Gasteiger partial charge < -0.3 is 15.7 Å². The molecule has 22 heavy (non-hydrogen) atoms. The van der Waals surface area contributed by atoms with Gasteiger partial charge in [0.15, 0.2) is 0 Å². The van der Waals surface area contributed by atoms with Crippen molar-refractivity contribution in [2.45, 2.75) is 32.7 Å². The van der Waals surface area contributed by atoms with E-state index in [1.165, 1.54) is 0 Å². The lowest BCUT2D eigenvalue weighted by Gasteiger charge is -2.16. The van der Waals surface area contributed by atoms with Crippen molar-refractivity contribution in [1.29, 1.82) is 0 Å². The van der Waals surface area contributed by atoms with Crippen LogP contribution in [0.15, 0.2) is 30.3 Å². The van der Waals surface area contributed by atoms with Crippen LogP contribution in [-0.4, -0.2) is 35.5 Å². The molecular formula is C16H22N2O4. The van der Waals surface area contributed by atoms with E-state index < -0.39 is 17.9 Å². The Bertz CT molecular complexity index is 514. The molecule has 0 aromatic heterocycles. The van der Waals surface area contributed by atoms with E-state index in [2.05, 4.69) is 10.6 Å². The third-order valence-corrected chi connectivity index (χ3v) is 2.99. The number of benzene rings is 1. The van der Waals surface area contributed by atoms with E-state index in [-0.39, 0.29) is 24.8 Å². The number of amides is 2. The Morgan fingerprint density at radius 2 is 1.73 bits per heavy atom. The van der Waals surface area contributed by atoms with Crippen LogP contribution >= 0.6 is 0 Å². The number of carbonyl (C=O) groups excluding carboxylic acids is 2. The Morgan fingerprint density at radius 1 is 1.09 bits per heavy atom. The topological polar surface area (TPSA) is 95.5 Å². The summed E-state index contributed by atoms with van der Waals surface area (Å²) in [5.41, 5.74) is 0.851. The molecule has 1 rings (SSSR count). The first-order valence-corrected chi connectivity index (χ1v) is 7.21. The summed E-state index contributed by atoms with van der Waals surface area (Å²) in [6, 6.07) is 8.23. The summed E-state index contributed by atoms with van der Waals surface area (Å²) in [5, 5.41) is 13.9. The molecule has 0 spiro atoms. The SMILES string of the molecule is CC(C)C[C@@H](NC(=O)CNC(=O)Cc1ccccc1)C(=O)O. The average molecular weight is 306 g/mol. The van der Waals surface area contributed by atoms with Gasteiger partial charge in [-0.15, -0.1) is 0 Å². The lowest BCUT2D eigenvalue weighted by atomic mass is 10.0. The molecular weight excluding hydrogens is 284 g/mol. The van der Waals surface area contributed by atoms with Crippen molar-refractivity contribution in [1.82, 2.24) is 10.6 Å². The quantitative estimate of drug-likeness (QED) is 0.666. The largest absolute Gasteiger partial charge is 0.480 e. The van der Waals surface area contributed by atoms with Gasteiger partial charge in [-0.3, -0.25) is 9.59 Å². The Kier molecular flexibility index (Phi) is 7.08. The Morgan fingerprint density at radius 3 is 2.27 bits per heavy atom. The molecule has 0 aliphatic rings. The number of nitrogens with one attached hydrogen (secondary N) is 2. The van der Waals surface area contributed by atoms with E-state index in [9.17, 15) is 14.4 Å². The molecule has 1 aromatic carbocycles. The van der Waals surface area contributed by atoms with Crippen LogP contribution < -0.4 is 10.6 Å². The van der Waals surface area contributed by atoms with Crippen molar-refractivity contribution in [2.24, 2.45) is 5.92 Å². The fourth-order valence-electron chi connectivity index (χ4n) is 1.96. The lowest BCUT2D eigenvalue weighted by Crippen LogP contribution is -2.46. The van der Waals surface area contributed by atoms with E-state index in [1.54, 1.807) is 0 Å². The number of hydrogen-bond donors (Lipinski definition) is 3. The minimum absolute atomic E-state index is 0.147. The normalized spacial score (nSPS) is 11.8. The number of rotatable bonds is 8. The van der Waals surface area contributed by atoms with Crippen molar-refractivity contribution < 1.29 is 19.5 Å². The molecule has 0 aliphatic heterocycles. The second kappa shape index (κ2) is 8.81. The minimum Gasteiger partial charge on any atom is -0.480 e. The number of carboxylic acids is 1. The van der Waals surface area contributed by atoms with Crippen LogP contribution in [-0.2, 0) is 20.8 Å². The molecule has 0 radical (unpaired) electrons. The molecule has 0 saturated heterocycles. The van der Waals surface area contributed by atoms with Gasteiger partial charge >= 0.3 is 5.97 Å². The van der Waals surface area contributed by atoms with Crippen molar-refractivity contribution >= 4 is 17.8 Å². The first kappa shape index (κ1) is 17.7. The van der Waals surface area contributed by atoms with Crippen LogP contribution in [0, 0.1) is 5.92 Å². The standard InChI is InChI=1S/C16H22N2O4/c1-11(2)8-13(16(21)22)18-15(20)10-17-14(19)9-12-6-4-3-5-7-12/h3-7,11,13H,8-10H2,1-2H3,(H,17,19)(H,18,20)(H,21,22)/t13-/m1/s1. The summed E-state index contributed by atoms with van der Waals surface area (Å²) < 4.78 is 0. The molecule has 1 aromatic rings. The van der Waals surface area contributed by atoms with Gasteiger partial charge in [0.25, 0.3) is 0 Å². The molecule has 0 aliphatic carbocycles. The van der Waals surface area contributed by atoms with Crippen LogP contribution in [0.25, 0.3) is 0 Å². The zero-order chi connectivity index (χ0) is 16.5. The van der Waals surface area contributed by atoms with Crippen molar-refractivity contribution in [3.8, 4) is 0 Å². The predicted molar refractivity (Wildman–Crippen MR) is 82.2 cm³/mol. The third-order valence-electron chi connectivity index (χ3n) is 2.99. The van der Waals surface area contributed by atoms with Gasteiger partial charge in [0.2, 0.25) is 11.8 Å². The van der Waals surface area contributed by atoms with Crippen molar-refractivity contribution in [3.05, 3.63) is 35.9 Å². The van der Waals surface area contributed by atoms with Crippen LogP contribution in [0.5, 0.6) is 0 Å². The molecule has 2 amide bonds. The monoisotopic (exact) mass is 306 g/mol. The van der Waals surface area contributed by atoms with E-state index in [0.717, 1.165) is 5.56 Å². The Balaban J connectivity index is 2.38. The zero-order valence-corrected chi connectivity index (χ0v) is 12.8. The maximum absolute atomic E-state index is 11.7. The third kappa shape index (κ3) is 6.88. The van der Waals surface area contributed by atoms with Crippen LogP contribution in [0.3, 0.4) is 0 Å². The summed E-state index contributed by atoms with van der Waals surface area (Å²) in [4.78, 5) is 34.5. The number of aliphatic carboxylic acids is 1. The summed E-state index contributed by atoms with van der Waals surface area (Å²) >= 11 is 0. The second-order valence-corrected chi connectivity index (χ2v) is 5.53. The highest BCUT2D eigenvalue weighted by Gasteiger charge is 2.21. The summed E-state index contributed by atoms with van der Waals surface area (Å²) in [7, 11) is 0. The molecule has 0 fully saturated rings. The molecule has 1 atom stereocenters. The number of carboxylic acid groups (broad SMARTS) is 1. The molecule has 6 heteroatoms. The number of hydrogen-bond acceptors (Lipinski definition) is 3. The molecule has 6 nitrogen and oxygen atoms in total. The van der Waals surface area contributed by atoms with Gasteiger partial charge in [-0.05, 0) is 17.9 Å². The van der Waals surface area contributed by atoms with E-state index in [4.69, 9.17) is 5.11 Å². The Labute approximate surface area is 129 Å². The molecule has 120 valence electrons. The first-order valence-electron chi connectivity index (χ1n) is 7.21. The van der Waals surface area contributed by atoms with Gasteiger partial charge in [-0.2, -0.15) is 0 Å². The van der Waals surface area contributed by atoms with E-state index >= 15 is 0 Å². The highest BCUT2D eigenvalue weighted by molar-refractivity contribution is 5.88. The van der Waals surface area contributed by atoms with Crippen molar-refractivity contribution in [3.63, 3.8) is 0 Å². The summed E-state index contributed by atoms with van der Waals surface area (Å²) in [5.74, 6) is -1.71. The smallest absolute Gasteiger partial charge is 0.326 e. The fourth-order valence-corrected chi connectivity index (χ4v) is 1.96. The first-order chi connectivity index (χ1) is 10.4. The predicted octanol–water partition coefficient (Wildman–Crippen LogP) is 0.961. The molecule has 0 bridgehead atoms. The maximum atomic E-state index is 11.7. The van der Waals surface area contributed by atoms with Gasteiger partial charge in [-0.1, -0.05) is 44.2 Å². The summed E-state index contributed by atoms with van der Waals surface area (Å²) in [6.45, 7) is 3.53. The molecule has 3 N–H and O–H groups in total. The number of carbonyl (C=O) groups is 3. The summed E-state index contributed by atoms with van der Waals surface area (Å²) in [6.07, 6.45) is 0.529. The fraction of sp³-hybridized carbons (Fsp3) is 0.438. The van der Waals surface area contributed by atoms with Gasteiger partial charge in [-0.25, -0.2) is 4.79 Å². The van der Waals surface area contributed by atoms with E-state index in [1.807, 2.05) is 44.2 Å². The average Bonchev–Trinajstić information content (AvgIpc) is 2.45. The maximum Gasteiger partial charge on any atom is 0.326 e. The molecule has 0 heterocycles. The van der Waals surface area contributed by atoms with Crippen molar-refractivity contribution in [2.75, 3.05) is 6.54 Å². The van der Waals surface area contributed by atoms with Crippen LogP contribution in [0.1, 0.15) is 25.8 Å². The highest BCUT2D eigenvalue weighted by atomic mass is 16.4. The van der Waals surface area contributed by atoms with Gasteiger partial charge in [0, 0.05) is 0 Å². The molecule has 0 unspecified atom stereocenters. The highest BCUT2D eigenvalue weighted by Crippen LogP contribution is 2.04. The Hall–Kier alpha value is -2.37. The van der Waals surface area contributed by atoms with Crippen LogP contribution in [0.2, 0.25) is 0 Å². The second-order valence-electron chi connectivity index (χ2n) is 5.53. The zero-order valence-electron chi connectivity index (χ0n) is 12.8.